The number of alkyl halides is 4. The average molecular weight is 2200 g/mol. The maximum atomic E-state index is 15.5. The number of halogens is 4. The zero-order chi connectivity index (χ0) is 104. The van der Waals surface area contributed by atoms with Gasteiger partial charge < -0.3 is 159 Å². The van der Waals surface area contributed by atoms with Crippen molar-refractivity contribution in [3.05, 3.63) is 108 Å². The second-order valence-corrected chi connectivity index (χ2v) is 42.6. The fourth-order valence-electron chi connectivity index (χ4n) is 8.95. The number of aliphatic hydroxyl groups excluding tert-OH is 12. The van der Waals surface area contributed by atoms with E-state index in [1.54, 1.807) is 0 Å². The van der Waals surface area contributed by atoms with Crippen LogP contribution in [0.15, 0.2) is 44.0 Å². The lowest BCUT2D eigenvalue weighted by molar-refractivity contribution is -0.204. The van der Waals surface area contributed by atoms with E-state index in [4.69, 9.17) is 136 Å². The minimum Gasteiger partial charge on any atom is -0.391 e. The number of rotatable bonds is 36. The first-order valence-corrected chi connectivity index (χ1v) is 50.6. The smallest absolute Gasteiger partial charge is 0.391 e. The molecule has 0 saturated carbocycles. The van der Waals surface area contributed by atoms with Crippen molar-refractivity contribution in [2.24, 2.45) is 0 Å². The number of aromatic amines is 4. The first-order chi connectivity index (χ1) is 59.8. The second-order valence-electron chi connectivity index (χ2n) is 23.5. The highest BCUT2D eigenvalue weighted by molar-refractivity contribution is 7.72. The summed E-state index contributed by atoms with van der Waals surface area (Å²) in [6.45, 7) is -15.8. The number of H-pyrrole nitrogens is 4. The van der Waals surface area contributed by atoms with Crippen molar-refractivity contribution in [1.29, 1.82) is 0 Å². The molecule has 0 radical (unpaired) electrons. The van der Waals surface area contributed by atoms with Crippen molar-refractivity contribution in [3.63, 3.8) is 0 Å². The summed E-state index contributed by atoms with van der Waals surface area (Å²) in [5.74, 6) is -15.9. The highest BCUT2D eigenvalue weighted by Crippen LogP contribution is 2.70. The number of aliphatic hydroxyl groups is 12. The predicted molar refractivity (Wildman–Crippen MR) is 390 cm³/mol. The normalized spacial score (nSPS) is 32.1. The summed E-state index contributed by atoms with van der Waals surface area (Å²) >= 11 is 19.2. The highest BCUT2D eigenvalue weighted by atomic mass is 32.1. The molecule has 0 aromatic carbocycles. The van der Waals surface area contributed by atoms with Crippen molar-refractivity contribution >= 4 is 143 Å². The molecule has 8 unspecified atom stereocenters. The Labute approximate surface area is 727 Å². The molecule has 0 spiro atoms. The summed E-state index contributed by atoms with van der Waals surface area (Å²) in [5.41, 5.74) is -5.14. The van der Waals surface area contributed by atoms with E-state index >= 15 is 17.6 Å². The van der Waals surface area contributed by atoms with Crippen molar-refractivity contribution < 1.29 is 292 Å². The quantitative estimate of drug-likeness (QED) is 0.0115. The Bertz CT molecular complexity index is 6210. The van der Waals surface area contributed by atoms with Gasteiger partial charge in [0.1, 0.15) is 75.2 Å². The fraction of sp³-hybridized carbons (Fsp3) is 0.600. The molecule has 8 heterocycles. The summed E-state index contributed by atoms with van der Waals surface area (Å²) in [6, 6.07) is 0. The van der Waals surface area contributed by atoms with Crippen LogP contribution in [0.2, 0.25) is 0 Å². The summed E-state index contributed by atoms with van der Waals surface area (Å²) in [4.78, 5) is 196. The number of aromatic nitrogens is 8. The van der Waals surface area contributed by atoms with Gasteiger partial charge >= 0.3 is 93.9 Å². The summed E-state index contributed by atoms with van der Waals surface area (Å²) in [6.07, 6.45) is -28.4. The molecule has 4 aliphatic heterocycles. The number of hydrogen-bond donors (Lipinski definition) is 32. The van der Waals surface area contributed by atoms with E-state index in [0.717, 1.165) is 17.0 Å². The molecular formula is C40H64F4N8O60P12S4. The van der Waals surface area contributed by atoms with Gasteiger partial charge in [-0.3, -0.25) is 75.5 Å². The van der Waals surface area contributed by atoms with E-state index in [-0.39, 0.29) is 15.7 Å². The third kappa shape index (κ3) is 32.7. The Morgan fingerprint density at radius 2 is 0.539 bits per heavy atom. The lowest BCUT2D eigenvalue weighted by atomic mass is 10.1. The lowest BCUT2D eigenvalue weighted by Crippen LogP contribution is -2.42. The molecule has 8 rings (SSSR count). The number of phosphoric acid groups is 12. The third-order valence-corrected chi connectivity index (χ3v) is 30.1. The van der Waals surface area contributed by atoms with Crippen LogP contribution in [0.25, 0.3) is 0 Å². The molecule has 88 heteroatoms. The number of nitrogens with zero attached hydrogens (tertiary/aromatic N) is 4. The van der Waals surface area contributed by atoms with Crippen LogP contribution in [0.3, 0.4) is 0 Å². The lowest BCUT2D eigenvalue weighted by Gasteiger charge is -2.24. The first-order valence-electron chi connectivity index (χ1n) is 33.8. The second kappa shape index (κ2) is 43.0. The SMILES string of the molecule is O=c1[nH]c(=S)n([C@@H]2O[C@](F)(COP(=O)(O)OP(=O)(O)OP(=O)(O)O)[C@@H](O)[C@H]2O)cc1CO.[2H]C([2H])(OP(=O)(O)OP(=O)(O)OP(=O)(O)O)[C@@]1(F)O[C@@H](n2cc(CO)c(=O)[nH]c2=S)[C@H](O)[C@@H]1O.[2H]C([2H])(OP(=O)(O)OP(=O)(O)OP(=O)(O)O)[C@@]1(F)O[C@@]([2H])(n2cc(CO)c(=O)[nH]c2=S)[C@H](O)[C@@H]1O.[2H][C@@]1(n2cc(CO)c(=O)[nH]c2=S)O[C@](F)(COP(=O)(O)OP(=O)(O)OP(=O)(O)O)[C@@H](O)[C@H]1O. The van der Waals surface area contributed by atoms with Crippen LogP contribution < -0.4 is 22.2 Å². The van der Waals surface area contributed by atoms with Gasteiger partial charge in [-0.1, -0.05) is 0 Å². The largest absolute Gasteiger partial charge is 0.490 e. The molecule has 32 N–H and O–H groups in total. The molecule has 4 fully saturated rings. The molecule has 4 saturated heterocycles. The number of phosphoric ester groups is 4. The summed E-state index contributed by atoms with van der Waals surface area (Å²) in [7, 11) is -71.2. The number of hydrogen-bond acceptors (Lipinski definition) is 48. The number of nitrogens with one attached hydrogen (secondary N) is 4. The van der Waals surface area contributed by atoms with Crippen LogP contribution in [0, 0.1) is 19.1 Å². The van der Waals surface area contributed by atoms with Gasteiger partial charge in [-0.15, -0.1) is 0 Å². The maximum absolute atomic E-state index is 15.5. The highest BCUT2D eigenvalue weighted by Gasteiger charge is 2.62. The van der Waals surface area contributed by atoms with E-state index in [1.807, 2.05) is 15.0 Å². The average Bonchev–Trinajstić information content (AvgIpc) is 1.55. The van der Waals surface area contributed by atoms with Gasteiger partial charge in [0.25, 0.3) is 45.7 Å². The van der Waals surface area contributed by atoms with Gasteiger partial charge in [-0.2, -0.15) is 34.5 Å². The van der Waals surface area contributed by atoms with Gasteiger partial charge in [0.2, 0.25) is 0 Å². The molecule has 0 bridgehead atoms. The van der Waals surface area contributed by atoms with Crippen LogP contribution in [-0.2, 0) is 153 Å². The third-order valence-electron chi connectivity index (χ3n) is 14.0. The number of ether oxygens (including phenoxy) is 4. The van der Waals surface area contributed by atoms with E-state index in [1.165, 1.54) is 0 Å². The molecule has 736 valence electrons. The zero-order valence-electron chi connectivity index (χ0n) is 66.2. The molecule has 128 heavy (non-hydrogen) atoms. The Morgan fingerprint density at radius 3 is 0.805 bits per heavy atom. The molecule has 0 aliphatic carbocycles. The van der Waals surface area contributed by atoms with Gasteiger partial charge in [-0.25, -0.2) is 72.3 Å². The molecule has 24 atom stereocenters. The predicted octanol–water partition coefficient (Wildman–Crippen LogP) is -5.37. The van der Waals surface area contributed by atoms with Gasteiger partial charge in [0.15, 0.2) is 43.9 Å². The van der Waals surface area contributed by atoms with Crippen LogP contribution >= 0.6 is 143 Å². The Hall–Kier alpha value is -2.88. The molecule has 4 aromatic heterocycles. The van der Waals surface area contributed by atoms with E-state index in [2.05, 4.69) is 71.8 Å². The van der Waals surface area contributed by atoms with Crippen molar-refractivity contribution in [1.82, 2.24) is 38.2 Å². The minimum absolute atomic E-state index is 0.283. The van der Waals surface area contributed by atoms with Gasteiger partial charge in [0.05, 0.1) is 56.9 Å². The zero-order valence-corrected chi connectivity index (χ0v) is 74.2. The summed E-state index contributed by atoms with van der Waals surface area (Å²) in [5, 5.41) is 117. The van der Waals surface area contributed by atoms with Crippen LogP contribution in [0.4, 0.5) is 17.6 Å². The topological polar surface area (TPSA) is 1070 Å². The molecule has 4 aliphatic rings. The van der Waals surface area contributed by atoms with Crippen molar-refractivity contribution in [2.75, 3.05) is 26.3 Å². The van der Waals surface area contributed by atoms with E-state index < -0.39 is 296 Å². The van der Waals surface area contributed by atoms with E-state index in [9.17, 15) is 139 Å². The molecule has 4 aromatic rings. The Balaban J connectivity index is 0.000000316. The Morgan fingerprint density at radius 1 is 0.336 bits per heavy atom. The van der Waals surface area contributed by atoms with Gasteiger partial charge in [0, 0.05) is 24.8 Å². The molecule has 68 nitrogen and oxygen atoms in total. The minimum atomic E-state index is -6.34. The van der Waals surface area contributed by atoms with E-state index in [0.29, 0.717) is 21.5 Å². The first kappa shape index (κ1) is 106. The Kier molecular flexibility index (Phi) is 35.5. The van der Waals surface area contributed by atoms with Gasteiger partial charge in [-0.05, 0) is 48.9 Å². The fourth-order valence-corrected chi connectivity index (χ4v) is 21.7. The monoisotopic (exact) mass is 2200 g/mol. The van der Waals surface area contributed by atoms with Crippen molar-refractivity contribution in [3.8, 4) is 0 Å². The standard InChI is InChI=1S/4C10H16FN2O15P3S/c4*11-10(3-25-30(21,22)28-31(23,24)27-29(18,19)20)6(16)5(15)8(26-10)13-1-4(2-14)7(17)12-9(13)32/h4*1,5-6,8,14-16H,2-3H2,(H,21,22)(H,23,24)(H,12,17,32)(H2,18,19,20)/t4*5-,6+,8-,10-/m1111/s1/i3D2,8D;8D;3D2;. The van der Waals surface area contributed by atoms with Crippen LogP contribution in [-0.4, -0.2) is 276 Å². The molecular weight excluding hydrogens is 2130 g/mol. The summed E-state index contributed by atoms with van der Waals surface area (Å²) < 4.78 is 304. The van der Waals surface area contributed by atoms with Crippen LogP contribution in [0.5, 0.6) is 0 Å². The maximum Gasteiger partial charge on any atom is 0.490 e. The van der Waals surface area contributed by atoms with Crippen LogP contribution in [0.1, 0.15) is 55.3 Å². The van der Waals surface area contributed by atoms with Crippen molar-refractivity contribution in [2.45, 2.75) is 124 Å². The molecule has 0 amide bonds.